The molecule has 0 aromatic heterocycles. The Morgan fingerprint density at radius 2 is 1.23 bits per heavy atom. The van der Waals surface area contributed by atoms with Crippen LogP contribution >= 0.6 is 0 Å². The van der Waals surface area contributed by atoms with Crippen molar-refractivity contribution in [1.82, 2.24) is 0 Å². The summed E-state index contributed by atoms with van der Waals surface area (Å²) in [4.78, 5) is 0. The van der Waals surface area contributed by atoms with Gasteiger partial charge in [-0.15, -0.1) is 6.58 Å². The van der Waals surface area contributed by atoms with Crippen LogP contribution in [-0.4, -0.2) is 6.61 Å². The molecule has 1 aromatic carbocycles. The van der Waals surface area contributed by atoms with E-state index in [4.69, 9.17) is 4.74 Å². The highest BCUT2D eigenvalue weighted by atomic mass is 19.2. The van der Waals surface area contributed by atoms with E-state index in [1.165, 1.54) is 89.9 Å². The second-order valence-corrected chi connectivity index (χ2v) is 11.9. The summed E-state index contributed by atoms with van der Waals surface area (Å²) in [6.45, 7) is 6.02. The molecule has 0 amide bonds. The third-order valence-electron chi connectivity index (χ3n) is 9.96. The molecule has 0 aliphatic heterocycles. The Morgan fingerprint density at radius 1 is 0.743 bits per heavy atom. The van der Waals surface area contributed by atoms with Crippen molar-refractivity contribution in [3.05, 3.63) is 42.0 Å². The van der Waals surface area contributed by atoms with Crippen LogP contribution in [0.15, 0.2) is 24.8 Å². The lowest BCUT2D eigenvalue weighted by Gasteiger charge is -2.41. The molecule has 0 atom stereocenters. The molecule has 0 N–H and O–H groups in total. The third kappa shape index (κ3) is 7.10. The molecule has 0 saturated heterocycles. The number of rotatable bonds is 10. The van der Waals surface area contributed by atoms with Crippen LogP contribution in [0, 0.1) is 47.1 Å². The second-order valence-electron chi connectivity index (χ2n) is 11.9. The maximum Gasteiger partial charge on any atom is 0.200 e. The van der Waals surface area contributed by atoms with Crippen molar-refractivity contribution in [2.75, 3.05) is 6.61 Å². The molecule has 196 valence electrons. The largest absolute Gasteiger partial charge is 0.491 e. The topological polar surface area (TPSA) is 9.23 Å². The summed E-state index contributed by atoms with van der Waals surface area (Å²) in [5, 5.41) is 0. The van der Waals surface area contributed by atoms with Crippen LogP contribution in [0.25, 0.3) is 0 Å². The molecule has 0 bridgehead atoms. The van der Waals surface area contributed by atoms with Gasteiger partial charge in [-0.05, 0) is 131 Å². The van der Waals surface area contributed by atoms with Crippen LogP contribution in [0.5, 0.6) is 5.75 Å². The van der Waals surface area contributed by atoms with Crippen LogP contribution in [0.2, 0.25) is 0 Å². The molecule has 35 heavy (non-hydrogen) atoms. The number of aryl methyl sites for hydroxylation is 1. The molecular weight excluding hydrogens is 438 g/mol. The van der Waals surface area contributed by atoms with Gasteiger partial charge in [0, 0.05) is 0 Å². The summed E-state index contributed by atoms with van der Waals surface area (Å²) in [6.07, 6.45) is 23.1. The first-order chi connectivity index (χ1) is 17.1. The molecule has 3 saturated carbocycles. The first-order valence-corrected chi connectivity index (χ1v) is 14.8. The van der Waals surface area contributed by atoms with Gasteiger partial charge in [0.05, 0.1) is 6.61 Å². The van der Waals surface area contributed by atoms with Gasteiger partial charge in [0.25, 0.3) is 0 Å². The maximum absolute atomic E-state index is 14.4. The fourth-order valence-corrected chi connectivity index (χ4v) is 7.73. The first-order valence-electron chi connectivity index (χ1n) is 14.8. The zero-order chi connectivity index (χ0) is 24.6. The lowest BCUT2D eigenvalue weighted by atomic mass is 9.64. The van der Waals surface area contributed by atoms with Gasteiger partial charge in [0.2, 0.25) is 5.82 Å². The Hall–Kier alpha value is -1.38. The lowest BCUT2D eigenvalue weighted by molar-refractivity contribution is 0.103. The normalized spacial score (nSPS) is 31.7. The van der Waals surface area contributed by atoms with Crippen LogP contribution in [0.3, 0.4) is 0 Å². The molecule has 4 rings (SSSR count). The molecule has 0 unspecified atom stereocenters. The molecule has 0 radical (unpaired) electrons. The zero-order valence-electron chi connectivity index (χ0n) is 22.1. The van der Waals surface area contributed by atoms with Gasteiger partial charge in [0.1, 0.15) is 0 Å². The Balaban J connectivity index is 1.15. The monoisotopic (exact) mass is 486 g/mol. The van der Waals surface area contributed by atoms with Gasteiger partial charge in [-0.1, -0.05) is 37.8 Å². The summed E-state index contributed by atoms with van der Waals surface area (Å²) in [7, 11) is 0. The van der Waals surface area contributed by atoms with E-state index in [2.05, 4.69) is 12.7 Å². The van der Waals surface area contributed by atoms with Gasteiger partial charge in [-0.3, -0.25) is 0 Å². The minimum atomic E-state index is -0.829. The van der Waals surface area contributed by atoms with E-state index in [0.717, 1.165) is 36.0 Å². The highest BCUT2D eigenvalue weighted by molar-refractivity contribution is 5.31. The fraction of sp³-hybridized carbons (Fsp3) is 0.750. The van der Waals surface area contributed by atoms with E-state index < -0.39 is 11.6 Å². The van der Waals surface area contributed by atoms with Crippen molar-refractivity contribution in [1.29, 1.82) is 0 Å². The van der Waals surface area contributed by atoms with E-state index in [1.54, 1.807) is 19.1 Å². The number of hydrogen-bond donors (Lipinski definition) is 0. The van der Waals surface area contributed by atoms with E-state index in [-0.39, 0.29) is 5.75 Å². The maximum atomic E-state index is 14.4. The summed E-state index contributed by atoms with van der Waals surface area (Å²) in [5.41, 5.74) is 0.501. The van der Waals surface area contributed by atoms with E-state index in [0.29, 0.717) is 24.5 Å². The van der Waals surface area contributed by atoms with Gasteiger partial charge < -0.3 is 4.74 Å². The van der Waals surface area contributed by atoms with Crippen LogP contribution in [0.1, 0.15) is 109 Å². The molecule has 1 nitrogen and oxygen atoms in total. The van der Waals surface area contributed by atoms with Crippen molar-refractivity contribution in [2.24, 2.45) is 35.5 Å². The van der Waals surface area contributed by atoms with Crippen molar-refractivity contribution in [2.45, 2.75) is 110 Å². The highest BCUT2D eigenvalue weighted by Gasteiger charge is 2.34. The quantitative estimate of drug-likeness (QED) is 0.299. The highest BCUT2D eigenvalue weighted by Crippen LogP contribution is 2.46. The smallest absolute Gasteiger partial charge is 0.200 e. The Kier molecular flexibility index (Phi) is 10.1. The summed E-state index contributed by atoms with van der Waals surface area (Å²) in [5.74, 6) is 3.94. The predicted octanol–water partition coefficient (Wildman–Crippen LogP) is 9.68. The Labute approximate surface area is 213 Å². The summed E-state index contributed by atoms with van der Waals surface area (Å²) >= 11 is 0. The molecule has 3 fully saturated rings. The second kappa shape index (κ2) is 13.2. The molecule has 0 spiro atoms. The van der Waals surface area contributed by atoms with E-state index >= 15 is 0 Å². The number of allylic oxidation sites excluding steroid dienone is 1. The summed E-state index contributed by atoms with van der Waals surface area (Å²) in [6, 6.07) is 3.29. The standard InChI is InChI=1S/C32H48F2O/c1-3-5-6-23-7-12-25(13-8-23)27-17-19-28(20-18-27)26-14-9-24(10-15-26)11-16-29-21-22-30(35-4-2)32(34)31(29)33/h3,21-28H,1,4-20H2,2H3. The van der Waals surface area contributed by atoms with Gasteiger partial charge in [-0.2, -0.15) is 4.39 Å². The van der Waals surface area contributed by atoms with Crippen LogP contribution < -0.4 is 4.74 Å². The minimum absolute atomic E-state index is 0.0279. The molecular formula is C32H48F2O. The van der Waals surface area contributed by atoms with Crippen molar-refractivity contribution in [3.8, 4) is 5.75 Å². The van der Waals surface area contributed by atoms with Crippen molar-refractivity contribution in [3.63, 3.8) is 0 Å². The van der Waals surface area contributed by atoms with Gasteiger partial charge >= 0.3 is 0 Å². The zero-order valence-corrected chi connectivity index (χ0v) is 22.1. The number of benzene rings is 1. The Bertz CT molecular complexity index is 781. The average molecular weight is 487 g/mol. The number of hydrogen-bond acceptors (Lipinski definition) is 1. The minimum Gasteiger partial charge on any atom is -0.491 e. The van der Waals surface area contributed by atoms with Gasteiger partial charge in [-0.25, -0.2) is 4.39 Å². The van der Waals surface area contributed by atoms with Crippen LogP contribution in [0.4, 0.5) is 8.78 Å². The van der Waals surface area contributed by atoms with Gasteiger partial charge in [0.15, 0.2) is 11.6 Å². The molecule has 1 aromatic rings. The van der Waals surface area contributed by atoms with Crippen molar-refractivity contribution < 1.29 is 13.5 Å². The molecule has 3 aliphatic carbocycles. The fourth-order valence-electron chi connectivity index (χ4n) is 7.73. The van der Waals surface area contributed by atoms with E-state index in [9.17, 15) is 8.78 Å². The van der Waals surface area contributed by atoms with E-state index in [1.807, 2.05) is 0 Å². The SMILES string of the molecule is C=CCCC1CCC(C2CCC(C3CCC(CCc4ccc(OCC)c(F)c4F)CC3)CC2)CC1. The molecule has 3 aliphatic rings. The number of halogens is 2. The predicted molar refractivity (Wildman–Crippen MR) is 142 cm³/mol. The van der Waals surface area contributed by atoms with Crippen molar-refractivity contribution >= 4 is 0 Å². The average Bonchev–Trinajstić information content (AvgIpc) is 2.90. The number of ether oxygens (including phenoxy) is 1. The molecule has 3 heteroatoms. The summed E-state index contributed by atoms with van der Waals surface area (Å²) < 4.78 is 33.8. The van der Waals surface area contributed by atoms with Crippen LogP contribution in [-0.2, 0) is 6.42 Å². The Morgan fingerprint density at radius 3 is 1.71 bits per heavy atom. The molecule has 0 heterocycles. The third-order valence-corrected chi connectivity index (χ3v) is 9.96. The lowest BCUT2D eigenvalue weighted by Crippen LogP contribution is -2.29. The first kappa shape index (κ1) is 26.7.